The SMILES string of the molecule is CCc1c(C(=O)CN2CCN(c3nnnn3-c3ccccc3)CC2)[nH]c(C)c1C(C)=O. The van der Waals surface area contributed by atoms with Gasteiger partial charge in [0.1, 0.15) is 0 Å². The average molecular weight is 422 g/mol. The van der Waals surface area contributed by atoms with Crippen molar-refractivity contribution in [3.8, 4) is 5.69 Å². The number of rotatable bonds is 7. The summed E-state index contributed by atoms with van der Waals surface area (Å²) in [6.45, 7) is 8.60. The molecule has 1 aromatic carbocycles. The molecule has 9 heteroatoms. The molecule has 1 aliphatic heterocycles. The second-order valence-electron chi connectivity index (χ2n) is 7.80. The summed E-state index contributed by atoms with van der Waals surface area (Å²) in [6, 6.07) is 9.79. The lowest BCUT2D eigenvalue weighted by molar-refractivity contribution is 0.0920. The summed E-state index contributed by atoms with van der Waals surface area (Å²) in [4.78, 5) is 32.4. The largest absolute Gasteiger partial charge is 0.355 e. The number of nitrogens with one attached hydrogen (secondary N) is 1. The highest BCUT2D eigenvalue weighted by Crippen LogP contribution is 2.22. The topological polar surface area (TPSA) is 100 Å². The molecule has 0 radical (unpaired) electrons. The number of aryl methyl sites for hydroxylation is 1. The first kappa shape index (κ1) is 20.9. The van der Waals surface area contributed by atoms with Crippen LogP contribution in [0.1, 0.15) is 46.0 Å². The summed E-state index contributed by atoms with van der Waals surface area (Å²) >= 11 is 0. The van der Waals surface area contributed by atoms with Crippen molar-refractivity contribution in [2.75, 3.05) is 37.6 Å². The zero-order valence-electron chi connectivity index (χ0n) is 18.1. The Morgan fingerprint density at radius 2 is 1.81 bits per heavy atom. The van der Waals surface area contributed by atoms with Gasteiger partial charge in [-0.25, -0.2) is 0 Å². The zero-order chi connectivity index (χ0) is 22.0. The molecule has 1 fully saturated rings. The van der Waals surface area contributed by atoms with Gasteiger partial charge in [0.15, 0.2) is 11.6 Å². The first-order valence-electron chi connectivity index (χ1n) is 10.6. The Bertz CT molecular complexity index is 1080. The molecule has 2 aromatic heterocycles. The van der Waals surface area contributed by atoms with Crippen LogP contribution in [0.3, 0.4) is 0 Å². The van der Waals surface area contributed by atoms with Crippen LogP contribution in [0.5, 0.6) is 0 Å². The Morgan fingerprint density at radius 1 is 1.10 bits per heavy atom. The Hall–Kier alpha value is -3.33. The van der Waals surface area contributed by atoms with E-state index in [-0.39, 0.29) is 11.6 Å². The Kier molecular flexibility index (Phi) is 5.94. The van der Waals surface area contributed by atoms with Crippen molar-refractivity contribution in [1.82, 2.24) is 30.1 Å². The van der Waals surface area contributed by atoms with Gasteiger partial charge in [-0.15, -0.1) is 0 Å². The number of para-hydroxylation sites is 1. The molecule has 0 saturated carbocycles. The Morgan fingerprint density at radius 3 is 2.45 bits per heavy atom. The van der Waals surface area contributed by atoms with E-state index in [1.807, 2.05) is 44.2 Å². The van der Waals surface area contributed by atoms with Crippen LogP contribution in [0.2, 0.25) is 0 Å². The maximum atomic E-state index is 13.0. The molecular formula is C22H27N7O2. The number of H-pyrrole nitrogens is 1. The summed E-state index contributed by atoms with van der Waals surface area (Å²) in [5, 5.41) is 12.2. The fourth-order valence-corrected chi connectivity index (χ4v) is 4.25. The van der Waals surface area contributed by atoms with Crippen LogP contribution in [0.25, 0.3) is 5.69 Å². The lowest BCUT2D eigenvalue weighted by atomic mass is 10.0. The number of anilines is 1. The van der Waals surface area contributed by atoms with Crippen molar-refractivity contribution in [2.24, 2.45) is 0 Å². The molecule has 1 saturated heterocycles. The van der Waals surface area contributed by atoms with Gasteiger partial charge in [-0.3, -0.25) is 14.5 Å². The molecule has 162 valence electrons. The number of aromatic amines is 1. The Balaban J connectivity index is 1.42. The molecule has 1 N–H and O–H groups in total. The fourth-order valence-electron chi connectivity index (χ4n) is 4.25. The average Bonchev–Trinajstić information content (AvgIpc) is 3.39. The number of hydrogen-bond donors (Lipinski definition) is 1. The van der Waals surface area contributed by atoms with Gasteiger partial charge >= 0.3 is 0 Å². The summed E-state index contributed by atoms with van der Waals surface area (Å²) < 4.78 is 1.74. The number of carbonyl (C=O) groups excluding carboxylic acids is 2. The molecule has 9 nitrogen and oxygen atoms in total. The summed E-state index contributed by atoms with van der Waals surface area (Å²) in [6.07, 6.45) is 0.649. The number of ketones is 2. The van der Waals surface area contributed by atoms with Gasteiger partial charge in [-0.05, 0) is 48.4 Å². The van der Waals surface area contributed by atoms with Crippen LogP contribution in [0, 0.1) is 6.92 Å². The smallest absolute Gasteiger partial charge is 0.250 e. The van der Waals surface area contributed by atoms with Crippen molar-refractivity contribution >= 4 is 17.5 Å². The molecule has 31 heavy (non-hydrogen) atoms. The number of carbonyl (C=O) groups is 2. The molecule has 0 amide bonds. The lowest BCUT2D eigenvalue weighted by Crippen LogP contribution is -2.48. The summed E-state index contributed by atoms with van der Waals surface area (Å²) in [7, 11) is 0. The molecule has 3 heterocycles. The van der Waals surface area contributed by atoms with Gasteiger partial charge < -0.3 is 9.88 Å². The summed E-state index contributed by atoms with van der Waals surface area (Å²) in [5.74, 6) is 0.723. The highest BCUT2D eigenvalue weighted by molar-refractivity contribution is 6.04. The van der Waals surface area contributed by atoms with E-state index in [1.165, 1.54) is 0 Å². The third-order valence-corrected chi connectivity index (χ3v) is 5.75. The number of Topliss-reactive ketones (excluding diaryl/α,β-unsaturated/α-hetero) is 2. The van der Waals surface area contributed by atoms with E-state index in [2.05, 4.69) is 30.3 Å². The molecule has 1 aliphatic rings. The predicted octanol–water partition coefficient (Wildman–Crippen LogP) is 2.07. The third kappa shape index (κ3) is 4.13. The van der Waals surface area contributed by atoms with Crippen molar-refractivity contribution in [3.63, 3.8) is 0 Å². The maximum Gasteiger partial charge on any atom is 0.250 e. The minimum atomic E-state index is -0.00518. The highest BCUT2D eigenvalue weighted by Gasteiger charge is 2.26. The number of piperazine rings is 1. The van der Waals surface area contributed by atoms with Gasteiger partial charge in [0.2, 0.25) is 5.95 Å². The van der Waals surface area contributed by atoms with E-state index >= 15 is 0 Å². The van der Waals surface area contributed by atoms with Crippen LogP contribution < -0.4 is 4.90 Å². The number of tetrazole rings is 1. The minimum Gasteiger partial charge on any atom is -0.355 e. The van der Waals surface area contributed by atoms with Crippen LogP contribution in [-0.4, -0.2) is 74.4 Å². The molecule has 0 spiro atoms. The van der Waals surface area contributed by atoms with E-state index in [4.69, 9.17) is 0 Å². The van der Waals surface area contributed by atoms with E-state index < -0.39 is 0 Å². The minimum absolute atomic E-state index is 0.00518. The van der Waals surface area contributed by atoms with Crippen molar-refractivity contribution in [1.29, 1.82) is 0 Å². The zero-order valence-corrected chi connectivity index (χ0v) is 18.1. The fraction of sp³-hybridized carbons (Fsp3) is 0.409. The van der Waals surface area contributed by atoms with Crippen LogP contribution in [-0.2, 0) is 6.42 Å². The first-order chi connectivity index (χ1) is 15.0. The van der Waals surface area contributed by atoms with Gasteiger partial charge in [0.25, 0.3) is 0 Å². The first-order valence-corrected chi connectivity index (χ1v) is 10.6. The molecule has 0 atom stereocenters. The molecule has 0 aliphatic carbocycles. The monoisotopic (exact) mass is 421 g/mol. The van der Waals surface area contributed by atoms with Crippen LogP contribution in [0.4, 0.5) is 5.95 Å². The molecular weight excluding hydrogens is 394 g/mol. The normalized spacial score (nSPS) is 14.7. The van der Waals surface area contributed by atoms with Gasteiger partial charge in [-0.2, -0.15) is 4.68 Å². The van der Waals surface area contributed by atoms with Gasteiger partial charge in [-0.1, -0.05) is 30.2 Å². The second-order valence-corrected chi connectivity index (χ2v) is 7.80. The standard InChI is InChI=1S/C22H27N7O2/c1-4-18-20(16(3)30)15(2)23-21(18)19(31)14-27-10-12-28(13-11-27)22-24-25-26-29(22)17-8-6-5-7-9-17/h5-9,23H,4,10-14H2,1-3H3. The molecule has 3 aromatic rings. The van der Waals surface area contributed by atoms with Crippen molar-refractivity contribution in [3.05, 3.63) is 52.8 Å². The summed E-state index contributed by atoms with van der Waals surface area (Å²) in [5.41, 5.74) is 3.74. The van der Waals surface area contributed by atoms with E-state index in [0.717, 1.165) is 43.1 Å². The Labute approximate surface area is 181 Å². The van der Waals surface area contributed by atoms with Crippen molar-refractivity contribution in [2.45, 2.75) is 27.2 Å². The van der Waals surface area contributed by atoms with Gasteiger partial charge in [0, 0.05) is 37.4 Å². The molecule has 0 unspecified atom stereocenters. The van der Waals surface area contributed by atoms with E-state index in [0.29, 0.717) is 30.2 Å². The van der Waals surface area contributed by atoms with Crippen LogP contribution >= 0.6 is 0 Å². The predicted molar refractivity (Wildman–Crippen MR) is 117 cm³/mol. The van der Waals surface area contributed by atoms with Crippen LogP contribution in [0.15, 0.2) is 30.3 Å². The number of aromatic nitrogens is 5. The highest BCUT2D eigenvalue weighted by atomic mass is 16.1. The molecule has 0 bridgehead atoms. The number of benzene rings is 1. The quantitative estimate of drug-likeness (QED) is 0.583. The lowest BCUT2D eigenvalue weighted by Gasteiger charge is -2.34. The number of hydrogen-bond acceptors (Lipinski definition) is 7. The maximum absolute atomic E-state index is 13.0. The number of nitrogens with zero attached hydrogens (tertiary/aromatic N) is 6. The van der Waals surface area contributed by atoms with E-state index in [9.17, 15) is 9.59 Å². The van der Waals surface area contributed by atoms with Crippen molar-refractivity contribution < 1.29 is 9.59 Å². The molecule has 4 rings (SSSR count). The van der Waals surface area contributed by atoms with E-state index in [1.54, 1.807) is 11.6 Å². The van der Waals surface area contributed by atoms with Gasteiger partial charge in [0.05, 0.1) is 17.9 Å². The third-order valence-electron chi connectivity index (χ3n) is 5.75. The second kappa shape index (κ2) is 8.81.